The molecule has 1 aliphatic rings. The number of benzene rings is 1. The second-order valence-electron chi connectivity index (χ2n) is 7.36. The lowest BCUT2D eigenvalue weighted by atomic mass is 9.93. The first kappa shape index (κ1) is 15.9. The van der Waals surface area contributed by atoms with Crippen molar-refractivity contribution in [2.45, 2.75) is 58.9 Å². The monoisotopic (exact) mass is 293 g/mol. The van der Waals surface area contributed by atoms with Crippen molar-refractivity contribution in [1.29, 1.82) is 0 Å². The van der Waals surface area contributed by atoms with E-state index in [9.17, 15) is 0 Å². The normalized spacial score (nSPS) is 21.7. The van der Waals surface area contributed by atoms with Crippen LogP contribution in [0.3, 0.4) is 0 Å². The average molecular weight is 294 g/mol. The highest BCUT2D eigenvalue weighted by molar-refractivity contribution is 6.30. The summed E-state index contributed by atoms with van der Waals surface area (Å²) in [7, 11) is 0. The molecule has 20 heavy (non-hydrogen) atoms. The summed E-state index contributed by atoms with van der Waals surface area (Å²) < 4.78 is 0. The Labute approximate surface area is 129 Å². The third-order valence-corrected chi connectivity index (χ3v) is 4.31. The van der Waals surface area contributed by atoms with Gasteiger partial charge in [-0.1, -0.05) is 57.3 Å². The molecule has 1 aliphatic heterocycles. The first-order chi connectivity index (χ1) is 9.44. The van der Waals surface area contributed by atoms with Crippen molar-refractivity contribution in [3.8, 4) is 0 Å². The van der Waals surface area contributed by atoms with Gasteiger partial charge >= 0.3 is 0 Å². The Bertz CT molecular complexity index is 404. The number of nitrogens with zero attached hydrogens (tertiary/aromatic N) is 1. The van der Waals surface area contributed by atoms with E-state index in [1.165, 1.54) is 44.3 Å². The smallest absolute Gasteiger partial charge is 0.0406 e. The van der Waals surface area contributed by atoms with E-state index in [1.807, 2.05) is 12.1 Å². The molecule has 0 saturated carbocycles. The van der Waals surface area contributed by atoms with Crippen LogP contribution in [0, 0.1) is 5.41 Å². The lowest BCUT2D eigenvalue weighted by molar-refractivity contribution is 0.139. The molecule has 2 heteroatoms. The molecule has 0 bridgehead atoms. The van der Waals surface area contributed by atoms with E-state index in [2.05, 4.69) is 37.8 Å². The molecule has 0 aliphatic carbocycles. The molecule has 1 aromatic carbocycles. The second-order valence-corrected chi connectivity index (χ2v) is 7.80. The zero-order valence-electron chi connectivity index (χ0n) is 13.2. The molecule has 1 aromatic rings. The zero-order valence-corrected chi connectivity index (χ0v) is 13.9. The van der Waals surface area contributed by atoms with Crippen molar-refractivity contribution in [3.05, 3.63) is 34.9 Å². The molecule has 112 valence electrons. The average Bonchev–Trinajstić information content (AvgIpc) is 2.56. The quantitative estimate of drug-likeness (QED) is 0.743. The van der Waals surface area contributed by atoms with Crippen molar-refractivity contribution < 1.29 is 0 Å². The maximum atomic E-state index is 5.99. The van der Waals surface area contributed by atoms with Crippen LogP contribution >= 0.6 is 11.6 Å². The van der Waals surface area contributed by atoms with Crippen molar-refractivity contribution in [1.82, 2.24) is 4.90 Å². The largest absolute Gasteiger partial charge is 0.300 e. The molecular weight excluding hydrogens is 266 g/mol. The van der Waals surface area contributed by atoms with Gasteiger partial charge in [-0.3, -0.25) is 4.90 Å². The lowest BCUT2D eigenvalue weighted by Crippen LogP contribution is -2.41. The van der Waals surface area contributed by atoms with E-state index in [4.69, 9.17) is 11.6 Å². The molecule has 0 N–H and O–H groups in total. The van der Waals surface area contributed by atoms with E-state index in [0.29, 0.717) is 11.5 Å². The summed E-state index contributed by atoms with van der Waals surface area (Å²) in [6, 6.07) is 9.09. The van der Waals surface area contributed by atoms with Gasteiger partial charge in [0, 0.05) is 17.6 Å². The number of halogens is 1. The van der Waals surface area contributed by atoms with Gasteiger partial charge in [0.05, 0.1) is 0 Å². The SMILES string of the molecule is CC(C)(C)CN1CCCCCC1Cc1ccc(Cl)cc1. The summed E-state index contributed by atoms with van der Waals surface area (Å²) in [5, 5.41) is 0.834. The van der Waals surface area contributed by atoms with Crippen LogP contribution in [0.4, 0.5) is 0 Å². The minimum atomic E-state index is 0.378. The van der Waals surface area contributed by atoms with Crippen LogP contribution in [-0.2, 0) is 6.42 Å². The molecule has 1 saturated heterocycles. The topological polar surface area (TPSA) is 3.24 Å². The number of likely N-dealkylation sites (tertiary alicyclic amines) is 1. The Kier molecular flexibility index (Phi) is 5.51. The molecule has 1 fully saturated rings. The van der Waals surface area contributed by atoms with Crippen molar-refractivity contribution in [2.24, 2.45) is 5.41 Å². The molecule has 0 aromatic heterocycles. The summed E-state index contributed by atoms with van der Waals surface area (Å²) in [5.74, 6) is 0. The van der Waals surface area contributed by atoms with Crippen molar-refractivity contribution >= 4 is 11.6 Å². The summed E-state index contributed by atoms with van der Waals surface area (Å²) >= 11 is 5.99. The minimum Gasteiger partial charge on any atom is -0.300 e. The van der Waals surface area contributed by atoms with E-state index in [0.717, 1.165) is 11.4 Å². The summed E-state index contributed by atoms with van der Waals surface area (Å²) in [6.45, 7) is 9.49. The van der Waals surface area contributed by atoms with Gasteiger partial charge in [-0.25, -0.2) is 0 Å². The van der Waals surface area contributed by atoms with Crippen LogP contribution in [0.5, 0.6) is 0 Å². The van der Waals surface area contributed by atoms with Crippen molar-refractivity contribution in [2.75, 3.05) is 13.1 Å². The Balaban J connectivity index is 2.05. The van der Waals surface area contributed by atoms with Crippen LogP contribution in [0.1, 0.15) is 52.0 Å². The highest BCUT2D eigenvalue weighted by Crippen LogP contribution is 2.25. The molecule has 1 unspecified atom stereocenters. The highest BCUT2D eigenvalue weighted by Gasteiger charge is 2.25. The molecular formula is C18H28ClN. The summed E-state index contributed by atoms with van der Waals surface area (Å²) in [4.78, 5) is 2.72. The van der Waals surface area contributed by atoms with Gasteiger partial charge in [-0.15, -0.1) is 0 Å². The zero-order chi connectivity index (χ0) is 14.6. The Morgan fingerprint density at radius 3 is 2.45 bits per heavy atom. The third kappa shape index (κ3) is 5.10. The fraction of sp³-hybridized carbons (Fsp3) is 0.667. The fourth-order valence-corrected chi connectivity index (χ4v) is 3.30. The summed E-state index contributed by atoms with van der Waals surface area (Å²) in [5.41, 5.74) is 1.79. The first-order valence-corrected chi connectivity index (χ1v) is 8.30. The second kappa shape index (κ2) is 6.95. The van der Waals surface area contributed by atoms with Gasteiger partial charge in [-0.2, -0.15) is 0 Å². The standard InChI is InChI=1S/C18H28ClN/c1-18(2,3)14-20-12-6-4-5-7-17(20)13-15-8-10-16(19)11-9-15/h8-11,17H,4-7,12-14H2,1-3H3. The Hall–Kier alpha value is -0.530. The van der Waals surface area contributed by atoms with Gasteiger partial charge in [-0.05, 0) is 48.9 Å². The predicted molar refractivity (Wildman–Crippen MR) is 88.4 cm³/mol. The van der Waals surface area contributed by atoms with Crippen LogP contribution in [0.15, 0.2) is 24.3 Å². The number of hydrogen-bond donors (Lipinski definition) is 0. The van der Waals surface area contributed by atoms with Crippen LogP contribution in [0.25, 0.3) is 0 Å². The molecule has 0 amide bonds. The Morgan fingerprint density at radius 1 is 1.10 bits per heavy atom. The van der Waals surface area contributed by atoms with Crippen LogP contribution in [0.2, 0.25) is 5.02 Å². The summed E-state index contributed by atoms with van der Waals surface area (Å²) in [6.07, 6.45) is 6.61. The van der Waals surface area contributed by atoms with Gasteiger partial charge in [0.25, 0.3) is 0 Å². The van der Waals surface area contributed by atoms with Gasteiger partial charge in [0.2, 0.25) is 0 Å². The molecule has 1 nitrogen and oxygen atoms in total. The minimum absolute atomic E-state index is 0.378. The van der Waals surface area contributed by atoms with E-state index in [1.54, 1.807) is 0 Å². The highest BCUT2D eigenvalue weighted by atomic mass is 35.5. The van der Waals surface area contributed by atoms with E-state index in [-0.39, 0.29) is 0 Å². The lowest BCUT2D eigenvalue weighted by Gasteiger charge is -2.35. The molecule has 2 rings (SSSR count). The molecule has 0 radical (unpaired) electrons. The van der Waals surface area contributed by atoms with Gasteiger partial charge in [0.1, 0.15) is 0 Å². The van der Waals surface area contributed by atoms with Gasteiger partial charge in [0.15, 0.2) is 0 Å². The Morgan fingerprint density at radius 2 is 1.80 bits per heavy atom. The van der Waals surface area contributed by atoms with Gasteiger partial charge < -0.3 is 0 Å². The first-order valence-electron chi connectivity index (χ1n) is 7.92. The van der Waals surface area contributed by atoms with E-state index >= 15 is 0 Å². The number of hydrogen-bond acceptors (Lipinski definition) is 1. The third-order valence-electron chi connectivity index (χ3n) is 4.06. The van der Waals surface area contributed by atoms with Crippen LogP contribution < -0.4 is 0 Å². The molecule has 1 heterocycles. The number of rotatable bonds is 3. The molecule has 1 atom stereocenters. The molecule has 0 spiro atoms. The maximum Gasteiger partial charge on any atom is 0.0406 e. The van der Waals surface area contributed by atoms with Crippen LogP contribution in [-0.4, -0.2) is 24.0 Å². The maximum absolute atomic E-state index is 5.99. The van der Waals surface area contributed by atoms with Crippen molar-refractivity contribution in [3.63, 3.8) is 0 Å². The predicted octanol–water partition coefficient (Wildman–Crippen LogP) is 5.17. The van der Waals surface area contributed by atoms with E-state index < -0.39 is 0 Å². The fourth-order valence-electron chi connectivity index (χ4n) is 3.18.